The van der Waals surface area contributed by atoms with E-state index in [2.05, 4.69) is 4.98 Å². The number of rotatable bonds is 1. The van der Waals surface area contributed by atoms with Crippen LogP contribution in [0.15, 0.2) is 12.1 Å². The van der Waals surface area contributed by atoms with Gasteiger partial charge in [-0.2, -0.15) is 0 Å². The predicted molar refractivity (Wildman–Crippen MR) is 43.8 cm³/mol. The molecular formula is C6H4Cl3N. The first-order chi connectivity index (χ1) is 4.72. The molecule has 1 aromatic heterocycles. The SMILES string of the molecule is ClCc1cc(Cl)cc(Cl)n1. The molecule has 10 heavy (non-hydrogen) atoms. The summed E-state index contributed by atoms with van der Waals surface area (Å²) in [6.07, 6.45) is 0. The minimum absolute atomic E-state index is 0.334. The summed E-state index contributed by atoms with van der Waals surface area (Å²) in [5, 5.41) is 0.943. The first kappa shape index (κ1) is 8.12. The van der Waals surface area contributed by atoms with Crippen molar-refractivity contribution in [2.45, 2.75) is 5.88 Å². The second-order valence-electron chi connectivity index (χ2n) is 1.73. The first-order valence-electron chi connectivity index (χ1n) is 2.60. The van der Waals surface area contributed by atoms with E-state index in [4.69, 9.17) is 34.8 Å². The zero-order valence-electron chi connectivity index (χ0n) is 4.94. The molecule has 1 rings (SSSR count). The summed E-state index contributed by atoms with van der Waals surface area (Å²) < 4.78 is 0. The number of alkyl halides is 1. The van der Waals surface area contributed by atoms with Gasteiger partial charge in [-0.15, -0.1) is 11.6 Å². The summed E-state index contributed by atoms with van der Waals surface area (Å²) in [6.45, 7) is 0. The molecule has 54 valence electrons. The average molecular weight is 196 g/mol. The summed E-state index contributed by atoms with van der Waals surface area (Å²) >= 11 is 16.7. The Kier molecular flexibility index (Phi) is 2.78. The van der Waals surface area contributed by atoms with Gasteiger partial charge in [0.15, 0.2) is 0 Å². The van der Waals surface area contributed by atoms with Crippen LogP contribution in [-0.4, -0.2) is 4.98 Å². The zero-order valence-corrected chi connectivity index (χ0v) is 7.21. The summed E-state index contributed by atoms with van der Waals surface area (Å²) in [6, 6.07) is 3.25. The Bertz CT molecular complexity index is 216. The second-order valence-corrected chi connectivity index (χ2v) is 2.82. The summed E-state index contributed by atoms with van der Waals surface area (Å²) in [5.74, 6) is 0.334. The molecule has 0 fully saturated rings. The summed E-state index contributed by atoms with van der Waals surface area (Å²) in [7, 11) is 0. The molecule has 1 nitrogen and oxygen atoms in total. The van der Waals surface area contributed by atoms with Crippen molar-refractivity contribution in [2.24, 2.45) is 0 Å². The van der Waals surface area contributed by atoms with E-state index in [1.54, 1.807) is 12.1 Å². The monoisotopic (exact) mass is 195 g/mol. The summed E-state index contributed by atoms with van der Waals surface area (Å²) in [4.78, 5) is 3.90. The molecule has 0 radical (unpaired) electrons. The van der Waals surface area contributed by atoms with E-state index in [0.29, 0.717) is 21.7 Å². The van der Waals surface area contributed by atoms with Gasteiger partial charge in [-0.05, 0) is 12.1 Å². The number of aromatic nitrogens is 1. The minimum Gasteiger partial charge on any atom is -0.240 e. The molecular weight excluding hydrogens is 192 g/mol. The largest absolute Gasteiger partial charge is 0.240 e. The number of pyridine rings is 1. The highest BCUT2D eigenvalue weighted by Gasteiger charge is 1.96. The lowest BCUT2D eigenvalue weighted by Crippen LogP contribution is -1.84. The second kappa shape index (κ2) is 3.42. The number of nitrogens with zero attached hydrogens (tertiary/aromatic N) is 1. The van der Waals surface area contributed by atoms with Gasteiger partial charge >= 0.3 is 0 Å². The van der Waals surface area contributed by atoms with Crippen molar-refractivity contribution in [1.82, 2.24) is 4.98 Å². The summed E-state index contributed by atoms with van der Waals surface area (Å²) in [5.41, 5.74) is 0.694. The van der Waals surface area contributed by atoms with E-state index >= 15 is 0 Å². The molecule has 1 aromatic rings. The van der Waals surface area contributed by atoms with Crippen molar-refractivity contribution in [3.8, 4) is 0 Å². The maximum absolute atomic E-state index is 5.65. The van der Waals surface area contributed by atoms with Gasteiger partial charge in [0.25, 0.3) is 0 Å². The fourth-order valence-electron chi connectivity index (χ4n) is 0.585. The molecule has 0 aromatic carbocycles. The van der Waals surface area contributed by atoms with Crippen molar-refractivity contribution in [1.29, 1.82) is 0 Å². The van der Waals surface area contributed by atoms with Crippen LogP contribution in [0, 0.1) is 0 Å². The van der Waals surface area contributed by atoms with Gasteiger partial charge in [0, 0.05) is 5.02 Å². The maximum atomic E-state index is 5.65. The Balaban J connectivity index is 3.06. The van der Waals surface area contributed by atoms with Crippen molar-refractivity contribution >= 4 is 34.8 Å². The molecule has 0 aliphatic heterocycles. The van der Waals surface area contributed by atoms with Crippen LogP contribution in [0.1, 0.15) is 5.69 Å². The molecule has 0 saturated heterocycles. The molecule has 0 atom stereocenters. The van der Waals surface area contributed by atoms with Gasteiger partial charge in [0.2, 0.25) is 0 Å². The van der Waals surface area contributed by atoms with E-state index in [-0.39, 0.29) is 0 Å². The lowest BCUT2D eigenvalue weighted by Gasteiger charge is -1.95. The molecule has 1 heterocycles. The zero-order chi connectivity index (χ0) is 7.56. The van der Waals surface area contributed by atoms with E-state index in [1.165, 1.54) is 0 Å². The fourth-order valence-corrected chi connectivity index (χ4v) is 1.23. The Hall–Kier alpha value is 0.0200. The minimum atomic E-state index is 0.334. The van der Waals surface area contributed by atoms with E-state index in [9.17, 15) is 0 Å². The van der Waals surface area contributed by atoms with Crippen LogP contribution < -0.4 is 0 Å². The van der Waals surface area contributed by atoms with Gasteiger partial charge in [-0.25, -0.2) is 4.98 Å². The smallest absolute Gasteiger partial charge is 0.130 e. The van der Waals surface area contributed by atoms with Gasteiger partial charge in [-0.1, -0.05) is 23.2 Å². The van der Waals surface area contributed by atoms with Gasteiger partial charge in [0.05, 0.1) is 11.6 Å². The van der Waals surface area contributed by atoms with Crippen molar-refractivity contribution < 1.29 is 0 Å². The maximum Gasteiger partial charge on any atom is 0.130 e. The van der Waals surface area contributed by atoms with Crippen LogP contribution >= 0.6 is 34.8 Å². The van der Waals surface area contributed by atoms with Crippen LogP contribution in [0.4, 0.5) is 0 Å². The molecule has 4 heteroatoms. The highest BCUT2D eigenvalue weighted by molar-refractivity contribution is 6.34. The van der Waals surface area contributed by atoms with E-state index in [0.717, 1.165) is 0 Å². The Morgan fingerprint density at radius 3 is 2.50 bits per heavy atom. The topological polar surface area (TPSA) is 12.9 Å². The highest BCUT2D eigenvalue weighted by atomic mass is 35.5. The predicted octanol–water partition coefficient (Wildman–Crippen LogP) is 3.13. The highest BCUT2D eigenvalue weighted by Crippen LogP contribution is 2.16. The molecule has 0 amide bonds. The third-order valence-corrected chi connectivity index (χ3v) is 1.63. The van der Waals surface area contributed by atoms with Crippen molar-refractivity contribution in [2.75, 3.05) is 0 Å². The molecule has 0 spiro atoms. The average Bonchev–Trinajstić information content (AvgIpc) is 1.85. The van der Waals surface area contributed by atoms with Gasteiger partial charge < -0.3 is 0 Å². The Morgan fingerprint density at radius 1 is 1.30 bits per heavy atom. The van der Waals surface area contributed by atoms with Crippen molar-refractivity contribution in [3.05, 3.63) is 28.0 Å². The van der Waals surface area contributed by atoms with Crippen LogP contribution in [-0.2, 0) is 5.88 Å². The Morgan fingerprint density at radius 2 is 2.00 bits per heavy atom. The molecule has 0 aliphatic rings. The van der Waals surface area contributed by atoms with Crippen LogP contribution in [0.3, 0.4) is 0 Å². The molecule has 0 aliphatic carbocycles. The standard InChI is InChI=1S/C6H4Cl3N/c7-3-5-1-4(8)2-6(9)10-5/h1-2H,3H2. The normalized spacial score (nSPS) is 9.90. The lowest BCUT2D eigenvalue weighted by molar-refractivity contribution is 1.17. The molecule has 0 bridgehead atoms. The third kappa shape index (κ3) is 2.01. The Labute approximate surface area is 73.9 Å². The van der Waals surface area contributed by atoms with E-state index in [1.807, 2.05) is 0 Å². The third-order valence-electron chi connectivity index (χ3n) is 0.949. The molecule has 0 N–H and O–H groups in total. The van der Waals surface area contributed by atoms with E-state index < -0.39 is 0 Å². The molecule has 0 unspecified atom stereocenters. The lowest BCUT2D eigenvalue weighted by atomic mass is 10.4. The van der Waals surface area contributed by atoms with Gasteiger partial charge in [0.1, 0.15) is 5.15 Å². The molecule has 0 saturated carbocycles. The van der Waals surface area contributed by atoms with Crippen molar-refractivity contribution in [3.63, 3.8) is 0 Å². The number of hydrogen-bond acceptors (Lipinski definition) is 1. The quantitative estimate of drug-likeness (QED) is 0.497. The van der Waals surface area contributed by atoms with Crippen LogP contribution in [0.25, 0.3) is 0 Å². The number of hydrogen-bond donors (Lipinski definition) is 0. The van der Waals surface area contributed by atoms with Crippen LogP contribution in [0.5, 0.6) is 0 Å². The number of halogens is 3. The van der Waals surface area contributed by atoms with Gasteiger partial charge in [-0.3, -0.25) is 0 Å². The van der Waals surface area contributed by atoms with Crippen LogP contribution in [0.2, 0.25) is 10.2 Å². The first-order valence-corrected chi connectivity index (χ1v) is 3.89. The fraction of sp³-hybridized carbons (Fsp3) is 0.167.